The molecule has 0 radical (unpaired) electrons. The predicted octanol–water partition coefficient (Wildman–Crippen LogP) is 3.01. The SMILES string of the molecule is Cc1c(N)ncnc1-n1cnc2c(C3CCCN(C)C3)c(C(=O)N3CCC3)c(Cl)cc21. The van der Waals surface area contributed by atoms with Crippen molar-refractivity contribution in [3.05, 3.63) is 40.4 Å². The number of carbonyl (C=O) groups excluding carboxylic acids is 1. The third-order valence-electron chi connectivity index (χ3n) is 6.55. The van der Waals surface area contributed by atoms with Crippen LogP contribution in [0.2, 0.25) is 5.02 Å². The van der Waals surface area contributed by atoms with Crippen molar-refractivity contribution in [2.24, 2.45) is 0 Å². The summed E-state index contributed by atoms with van der Waals surface area (Å²) in [6.07, 6.45) is 6.31. The number of anilines is 1. The van der Waals surface area contributed by atoms with Crippen LogP contribution in [0, 0.1) is 6.92 Å². The highest BCUT2D eigenvalue weighted by molar-refractivity contribution is 6.35. The lowest BCUT2D eigenvalue weighted by molar-refractivity contribution is 0.0649. The third-order valence-corrected chi connectivity index (χ3v) is 6.84. The van der Waals surface area contributed by atoms with Crippen molar-refractivity contribution < 1.29 is 4.79 Å². The highest BCUT2D eigenvalue weighted by Crippen LogP contribution is 2.39. The maximum Gasteiger partial charge on any atom is 0.255 e. The summed E-state index contributed by atoms with van der Waals surface area (Å²) < 4.78 is 1.89. The number of nitrogen functional groups attached to an aromatic ring is 1. The number of nitrogens with two attached hydrogens (primary N) is 1. The number of nitrogens with zero attached hydrogens (tertiary/aromatic N) is 6. The second-order valence-electron chi connectivity index (χ2n) is 8.58. The molecule has 2 N–H and O–H groups in total. The molecule has 2 aromatic heterocycles. The molecule has 2 aliphatic rings. The molecule has 2 aliphatic heterocycles. The largest absolute Gasteiger partial charge is 0.383 e. The molecule has 1 unspecified atom stereocenters. The van der Waals surface area contributed by atoms with Crippen molar-refractivity contribution >= 4 is 34.4 Å². The summed E-state index contributed by atoms with van der Waals surface area (Å²) in [4.78, 5) is 30.8. The smallest absolute Gasteiger partial charge is 0.255 e. The minimum absolute atomic E-state index is 0.0124. The van der Waals surface area contributed by atoms with Crippen molar-refractivity contribution in [2.75, 3.05) is 39.0 Å². The van der Waals surface area contributed by atoms with Crippen LogP contribution in [0.25, 0.3) is 16.9 Å². The molecular weight excluding hydrogens is 414 g/mol. The highest BCUT2D eigenvalue weighted by Gasteiger charge is 2.33. The van der Waals surface area contributed by atoms with Gasteiger partial charge in [0.1, 0.15) is 24.3 Å². The van der Waals surface area contributed by atoms with Gasteiger partial charge in [-0.25, -0.2) is 15.0 Å². The molecule has 3 aromatic rings. The van der Waals surface area contributed by atoms with Crippen LogP contribution in [0.3, 0.4) is 0 Å². The minimum Gasteiger partial charge on any atom is -0.383 e. The van der Waals surface area contributed by atoms with Crippen LogP contribution in [0.4, 0.5) is 5.82 Å². The number of hydrogen-bond acceptors (Lipinski definition) is 6. The van der Waals surface area contributed by atoms with Crippen molar-refractivity contribution in [3.63, 3.8) is 0 Å². The summed E-state index contributed by atoms with van der Waals surface area (Å²) in [5.74, 6) is 1.30. The summed E-state index contributed by atoms with van der Waals surface area (Å²) in [5.41, 5.74) is 10.0. The molecule has 1 atom stereocenters. The Morgan fingerprint density at radius 3 is 2.71 bits per heavy atom. The zero-order valence-corrected chi connectivity index (χ0v) is 18.6. The molecule has 5 rings (SSSR count). The third kappa shape index (κ3) is 3.34. The van der Waals surface area contributed by atoms with E-state index in [1.165, 1.54) is 6.33 Å². The molecule has 31 heavy (non-hydrogen) atoms. The minimum atomic E-state index is 0.0124. The zero-order chi connectivity index (χ0) is 21.7. The van der Waals surface area contributed by atoms with E-state index in [-0.39, 0.29) is 11.8 Å². The maximum atomic E-state index is 13.4. The molecule has 0 spiro atoms. The van der Waals surface area contributed by atoms with Gasteiger partial charge in [-0.3, -0.25) is 9.36 Å². The first-order chi connectivity index (χ1) is 15.0. The average Bonchev–Trinajstić information content (AvgIpc) is 3.10. The quantitative estimate of drug-likeness (QED) is 0.674. The monoisotopic (exact) mass is 439 g/mol. The number of fused-ring (bicyclic) bond motifs is 1. The molecule has 8 nitrogen and oxygen atoms in total. The second-order valence-corrected chi connectivity index (χ2v) is 8.99. The average molecular weight is 440 g/mol. The Morgan fingerprint density at radius 1 is 1.19 bits per heavy atom. The van der Waals surface area contributed by atoms with Gasteiger partial charge in [-0.15, -0.1) is 0 Å². The van der Waals surface area contributed by atoms with E-state index in [0.29, 0.717) is 22.2 Å². The number of halogens is 1. The van der Waals surface area contributed by atoms with E-state index >= 15 is 0 Å². The fraction of sp³-hybridized carbons (Fsp3) is 0.455. The van der Waals surface area contributed by atoms with Gasteiger partial charge in [0.05, 0.1) is 21.6 Å². The van der Waals surface area contributed by atoms with E-state index < -0.39 is 0 Å². The van der Waals surface area contributed by atoms with E-state index in [0.717, 1.165) is 67.6 Å². The number of amides is 1. The van der Waals surface area contributed by atoms with Crippen molar-refractivity contribution in [1.29, 1.82) is 0 Å². The van der Waals surface area contributed by atoms with Crippen LogP contribution in [0.15, 0.2) is 18.7 Å². The predicted molar refractivity (Wildman–Crippen MR) is 121 cm³/mol. The van der Waals surface area contributed by atoms with Crippen LogP contribution in [-0.4, -0.2) is 68.5 Å². The fourth-order valence-electron chi connectivity index (χ4n) is 4.70. The van der Waals surface area contributed by atoms with E-state index in [1.54, 1.807) is 6.33 Å². The molecule has 162 valence electrons. The lowest BCUT2D eigenvalue weighted by Crippen LogP contribution is -2.43. The molecule has 1 aromatic carbocycles. The van der Waals surface area contributed by atoms with Gasteiger partial charge < -0.3 is 15.5 Å². The molecule has 2 fully saturated rings. The number of imidazole rings is 1. The molecular formula is C22H26ClN7O. The number of hydrogen-bond donors (Lipinski definition) is 1. The normalized spacial score (nSPS) is 19.6. The van der Waals surface area contributed by atoms with Gasteiger partial charge in [0.2, 0.25) is 0 Å². The number of likely N-dealkylation sites (N-methyl/N-ethyl adjacent to an activating group) is 1. The van der Waals surface area contributed by atoms with Crippen molar-refractivity contribution in [2.45, 2.75) is 32.1 Å². The Kier molecular flexibility index (Phi) is 5.06. The lowest BCUT2D eigenvalue weighted by Gasteiger charge is -2.35. The number of carbonyl (C=O) groups is 1. The number of aromatic nitrogens is 4. The van der Waals surface area contributed by atoms with Gasteiger partial charge in [0.25, 0.3) is 5.91 Å². The number of piperidine rings is 1. The standard InChI is InChI=1S/C22H26ClN7O/c1-13-20(24)25-11-26-21(13)30-12-27-19-16(30)9-15(23)18(22(31)29-7-4-8-29)17(19)14-5-3-6-28(2)10-14/h9,11-12,14H,3-8,10H2,1-2H3,(H2,24,25,26). The van der Waals surface area contributed by atoms with Crippen LogP contribution in [0.5, 0.6) is 0 Å². The molecule has 0 bridgehead atoms. The first-order valence-electron chi connectivity index (χ1n) is 10.7. The lowest BCUT2D eigenvalue weighted by atomic mass is 9.86. The molecule has 0 saturated carbocycles. The van der Waals surface area contributed by atoms with E-state index in [1.807, 2.05) is 22.5 Å². The maximum absolute atomic E-state index is 13.4. The molecule has 4 heterocycles. The van der Waals surface area contributed by atoms with Gasteiger partial charge in [0.15, 0.2) is 0 Å². The summed E-state index contributed by atoms with van der Waals surface area (Å²) in [6.45, 7) is 5.39. The number of rotatable bonds is 3. The summed E-state index contributed by atoms with van der Waals surface area (Å²) in [7, 11) is 2.12. The van der Waals surface area contributed by atoms with Gasteiger partial charge >= 0.3 is 0 Å². The zero-order valence-electron chi connectivity index (χ0n) is 17.8. The topological polar surface area (TPSA) is 93.2 Å². The van der Waals surface area contributed by atoms with Gasteiger partial charge in [-0.2, -0.15) is 0 Å². The van der Waals surface area contributed by atoms with Gasteiger partial charge in [0, 0.05) is 25.2 Å². The Bertz CT molecular complexity index is 1170. The Labute approximate surface area is 186 Å². The summed E-state index contributed by atoms with van der Waals surface area (Å²) in [5, 5.41) is 0.467. The number of benzene rings is 1. The van der Waals surface area contributed by atoms with E-state index in [2.05, 4.69) is 21.9 Å². The van der Waals surface area contributed by atoms with E-state index in [4.69, 9.17) is 22.3 Å². The molecule has 9 heteroatoms. The van der Waals surface area contributed by atoms with Gasteiger partial charge in [-0.1, -0.05) is 11.6 Å². The van der Waals surface area contributed by atoms with Crippen LogP contribution in [0.1, 0.15) is 46.7 Å². The Balaban J connectivity index is 1.74. The van der Waals surface area contributed by atoms with Crippen LogP contribution >= 0.6 is 11.6 Å². The summed E-state index contributed by atoms with van der Waals surface area (Å²) in [6, 6.07) is 1.84. The Morgan fingerprint density at radius 2 is 2.00 bits per heavy atom. The van der Waals surface area contributed by atoms with Crippen molar-refractivity contribution in [3.8, 4) is 5.82 Å². The molecule has 1 amide bonds. The molecule has 2 saturated heterocycles. The summed E-state index contributed by atoms with van der Waals surface area (Å²) >= 11 is 6.81. The first-order valence-corrected chi connectivity index (χ1v) is 11.1. The second kappa shape index (κ2) is 7.76. The fourth-order valence-corrected chi connectivity index (χ4v) is 4.99. The first kappa shape index (κ1) is 20.2. The van der Waals surface area contributed by atoms with Crippen molar-refractivity contribution in [1.82, 2.24) is 29.3 Å². The Hall–Kier alpha value is -2.71. The molecule has 0 aliphatic carbocycles. The number of likely N-dealkylation sites (tertiary alicyclic amines) is 2. The highest BCUT2D eigenvalue weighted by atomic mass is 35.5. The van der Waals surface area contributed by atoms with Crippen LogP contribution in [-0.2, 0) is 0 Å². The van der Waals surface area contributed by atoms with Crippen LogP contribution < -0.4 is 5.73 Å². The van der Waals surface area contributed by atoms with E-state index in [9.17, 15) is 4.79 Å². The van der Waals surface area contributed by atoms with Gasteiger partial charge in [-0.05, 0) is 57.3 Å².